The number of aryl methyl sites for hydroxylation is 1. The highest BCUT2D eigenvalue weighted by molar-refractivity contribution is 5.90. The van der Waals surface area contributed by atoms with Crippen molar-refractivity contribution in [1.82, 2.24) is 9.88 Å². The largest absolute Gasteiger partial charge is 0.449 e. The van der Waals surface area contributed by atoms with Gasteiger partial charge < -0.3 is 19.9 Å². The first kappa shape index (κ1) is 29.7. The van der Waals surface area contributed by atoms with Gasteiger partial charge in [-0.25, -0.2) is 4.79 Å². The molecule has 0 spiro atoms. The number of rotatable bonds is 4. The molecule has 2 aliphatic heterocycles. The van der Waals surface area contributed by atoms with E-state index < -0.39 is 12.1 Å². The van der Waals surface area contributed by atoms with Gasteiger partial charge in [0.25, 0.3) is 5.56 Å². The number of aromatic amines is 1. The van der Waals surface area contributed by atoms with Crippen LogP contribution in [0.25, 0.3) is 21.9 Å². The molecule has 0 saturated heterocycles. The van der Waals surface area contributed by atoms with E-state index in [9.17, 15) is 14.4 Å². The van der Waals surface area contributed by atoms with E-state index in [1.54, 1.807) is 12.3 Å². The summed E-state index contributed by atoms with van der Waals surface area (Å²) < 4.78 is 5.63. The summed E-state index contributed by atoms with van der Waals surface area (Å²) in [6.45, 7) is 6.95. The first-order chi connectivity index (χ1) is 21.8. The molecule has 4 bridgehead atoms. The third-order valence-corrected chi connectivity index (χ3v) is 8.45. The lowest BCUT2D eigenvalue weighted by molar-refractivity contribution is -0.132. The van der Waals surface area contributed by atoms with E-state index in [0.29, 0.717) is 29.9 Å². The van der Waals surface area contributed by atoms with E-state index in [1.807, 2.05) is 111 Å². The molecule has 3 heterocycles. The number of benzene rings is 4. The molecule has 1 aromatic heterocycles. The average molecular weight is 601 g/mol. The van der Waals surface area contributed by atoms with Gasteiger partial charge in [0.05, 0.1) is 6.61 Å². The minimum absolute atomic E-state index is 0.0600. The number of H-pyrrole nitrogens is 1. The molecule has 2 atom stereocenters. The van der Waals surface area contributed by atoms with Gasteiger partial charge in [-0.2, -0.15) is 0 Å². The lowest BCUT2D eigenvalue weighted by Gasteiger charge is -2.30. The fraction of sp³-hybridized carbons (Fsp3) is 0.216. The van der Waals surface area contributed by atoms with E-state index in [0.717, 1.165) is 38.8 Å². The Hall–Kier alpha value is -5.37. The zero-order valence-corrected chi connectivity index (χ0v) is 25.6. The number of nitrogens with one attached hydrogen (secondary N) is 3. The fourth-order valence-electron chi connectivity index (χ4n) is 6.04. The van der Waals surface area contributed by atoms with E-state index in [-0.39, 0.29) is 24.0 Å². The van der Waals surface area contributed by atoms with Crippen LogP contribution in [-0.4, -0.2) is 35.0 Å². The number of anilines is 2. The van der Waals surface area contributed by atoms with Crippen LogP contribution in [0.1, 0.15) is 48.1 Å². The number of pyridine rings is 1. The van der Waals surface area contributed by atoms with Crippen molar-refractivity contribution in [2.75, 3.05) is 23.8 Å². The zero-order chi connectivity index (χ0) is 31.5. The Bertz CT molecular complexity index is 1930. The van der Waals surface area contributed by atoms with E-state index in [2.05, 4.69) is 15.6 Å². The van der Waals surface area contributed by atoms with Crippen LogP contribution in [0, 0.1) is 6.92 Å². The molecule has 8 nitrogen and oxygen atoms in total. The van der Waals surface area contributed by atoms with Crippen molar-refractivity contribution < 1.29 is 14.3 Å². The lowest BCUT2D eigenvalue weighted by Crippen LogP contribution is -2.38. The Morgan fingerprint density at radius 1 is 0.933 bits per heavy atom. The Morgan fingerprint density at radius 2 is 1.76 bits per heavy atom. The Balaban J connectivity index is 1.46. The second-order valence-electron chi connectivity index (χ2n) is 11.5. The third-order valence-electron chi connectivity index (χ3n) is 8.45. The molecule has 7 rings (SSSR count). The third kappa shape index (κ3) is 6.31. The van der Waals surface area contributed by atoms with Crippen molar-refractivity contribution in [3.63, 3.8) is 0 Å². The summed E-state index contributed by atoms with van der Waals surface area (Å²) in [5.41, 5.74) is 6.76. The highest BCUT2D eigenvalue weighted by Gasteiger charge is 2.28. The highest BCUT2D eigenvalue weighted by Crippen LogP contribution is 2.32. The summed E-state index contributed by atoms with van der Waals surface area (Å²) in [5.74, 6) is -0.168. The minimum Gasteiger partial charge on any atom is -0.449 e. The lowest BCUT2D eigenvalue weighted by atomic mass is 9.92. The summed E-state index contributed by atoms with van der Waals surface area (Å²) in [4.78, 5) is 44.5. The monoisotopic (exact) mass is 600 g/mol. The predicted octanol–water partition coefficient (Wildman–Crippen LogP) is 7.37. The number of nitrogens with zero attached hydrogens (tertiary/aromatic N) is 1. The van der Waals surface area contributed by atoms with Crippen molar-refractivity contribution in [2.24, 2.45) is 0 Å². The molecule has 4 aromatic carbocycles. The van der Waals surface area contributed by atoms with Gasteiger partial charge in [-0.05, 0) is 82.9 Å². The average Bonchev–Trinajstić information content (AvgIpc) is 3.05. The maximum absolute atomic E-state index is 14.6. The van der Waals surface area contributed by atoms with Crippen LogP contribution >= 0.6 is 0 Å². The first-order valence-electron chi connectivity index (χ1n) is 15.2. The number of hydrogen-bond donors (Lipinski definition) is 3. The molecule has 0 radical (unpaired) electrons. The molecule has 0 fully saturated rings. The smallest absolute Gasteiger partial charge is 0.411 e. The molecule has 3 N–H and O–H groups in total. The molecular weight excluding hydrogens is 564 g/mol. The van der Waals surface area contributed by atoms with Crippen LogP contribution in [0.15, 0.2) is 102 Å². The van der Waals surface area contributed by atoms with Crippen LogP contribution < -0.4 is 16.2 Å². The molecule has 8 heteroatoms. The molecule has 5 aromatic rings. The van der Waals surface area contributed by atoms with Crippen molar-refractivity contribution in [1.29, 1.82) is 0 Å². The van der Waals surface area contributed by atoms with E-state index in [4.69, 9.17) is 4.74 Å². The summed E-state index contributed by atoms with van der Waals surface area (Å²) in [5, 5.41) is 7.70. The van der Waals surface area contributed by atoms with Crippen LogP contribution in [-0.2, 0) is 16.1 Å². The Labute approximate surface area is 262 Å². The number of amides is 2. The first-order valence-corrected chi connectivity index (χ1v) is 15.2. The van der Waals surface area contributed by atoms with Crippen LogP contribution in [0.2, 0.25) is 0 Å². The standard InChI is InChI=1S/C37H36N4O4/c1-4-41-21-28-19-29(13-15-32(28)25-8-6-5-7-9-25)40-37(44)45-22-24(3)31-14-11-27(18-23(31)2)34(36(41)43)39-30-12-10-26-16-17-38-35(42)33(26)20-30/h5-20,24,34,39H,4,21-22H2,1-3H3,(H,38,42)(H,40,44)/t24-,34+/m0/s1. The van der Waals surface area contributed by atoms with Crippen LogP contribution in [0.4, 0.5) is 16.2 Å². The fourth-order valence-corrected chi connectivity index (χ4v) is 6.04. The number of ether oxygens (including phenoxy) is 1. The van der Waals surface area contributed by atoms with Crippen molar-refractivity contribution in [3.05, 3.63) is 130 Å². The van der Waals surface area contributed by atoms with Crippen LogP contribution in [0.5, 0.6) is 0 Å². The quantitative estimate of drug-likeness (QED) is 0.200. The molecular formula is C37H36N4O4. The molecule has 2 amide bonds. The summed E-state index contributed by atoms with van der Waals surface area (Å²) in [7, 11) is 0. The maximum atomic E-state index is 14.6. The number of hydrogen-bond acceptors (Lipinski definition) is 5. The molecule has 0 unspecified atom stereocenters. The number of aromatic nitrogens is 1. The molecule has 45 heavy (non-hydrogen) atoms. The van der Waals surface area contributed by atoms with Crippen molar-refractivity contribution in [3.8, 4) is 11.1 Å². The highest BCUT2D eigenvalue weighted by atomic mass is 16.5. The van der Waals surface area contributed by atoms with Gasteiger partial charge in [-0.3, -0.25) is 14.9 Å². The Kier molecular flexibility index (Phi) is 8.38. The van der Waals surface area contributed by atoms with Gasteiger partial charge in [0.2, 0.25) is 5.91 Å². The van der Waals surface area contributed by atoms with Gasteiger partial charge >= 0.3 is 6.09 Å². The number of carbonyl (C=O) groups excluding carboxylic acids is 2. The van der Waals surface area contributed by atoms with Crippen LogP contribution in [0.3, 0.4) is 0 Å². The van der Waals surface area contributed by atoms with E-state index >= 15 is 0 Å². The second kappa shape index (κ2) is 12.7. The van der Waals surface area contributed by atoms with Crippen molar-refractivity contribution >= 4 is 34.1 Å². The normalized spacial score (nSPS) is 17.2. The van der Waals surface area contributed by atoms with Gasteiger partial charge in [0, 0.05) is 42.0 Å². The minimum atomic E-state index is -0.722. The molecule has 0 saturated carbocycles. The predicted molar refractivity (Wildman–Crippen MR) is 178 cm³/mol. The number of likely N-dealkylation sites (N-methyl/N-ethyl adjacent to an activating group) is 1. The SMILES string of the molecule is CCN1Cc2cc(ccc2-c2ccccc2)NC(=O)OC[C@H](C)c2ccc(cc2C)[C@@H](Nc2ccc3cc[nH]c(=O)c3c2)C1=O. The molecule has 0 aliphatic carbocycles. The number of fused-ring (bicyclic) bond motifs is 10. The summed E-state index contributed by atoms with van der Waals surface area (Å²) >= 11 is 0. The second-order valence-corrected chi connectivity index (χ2v) is 11.5. The van der Waals surface area contributed by atoms with Gasteiger partial charge in [0.1, 0.15) is 6.04 Å². The van der Waals surface area contributed by atoms with Gasteiger partial charge in [0.15, 0.2) is 0 Å². The van der Waals surface area contributed by atoms with E-state index in [1.165, 1.54) is 0 Å². The molecule has 228 valence electrons. The summed E-state index contributed by atoms with van der Waals surface area (Å²) in [6, 6.07) is 28.4. The van der Waals surface area contributed by atoms with Crippen molar-refractivity contribution in [2.45, 2.75) is 39.3 Å². The van der Waals surface area contributed by atoms with Gasteiger partial charge in [-0.15, -0.1) is 0 Å². The van der Waals surface area contributed by atoms with Gasteiger partial charge in [-0.1, -0.05) is 67.6 Å². The summed E-state index contributed by atoms with van der Waals surface area (Å²) in [6.07, 6.45) is 1.10. The maximum Gasteiger partial charge on any atom is 0.411 e. The topological polar surface area (TPSA) is 104 Å². The number of carbonyl (C=O) groups is 2. The Morgan fingerprint density at radius 3 is 2.53 bits per heavy atom. The zero-order valence-electron chi connectivity index (χ0n) is 25.6. The molecule has 2 aliphatic rings.